The molecule has 2 aliphatic carbocycles. The Morgan fingerprint density at radius 2 is 0.746 bits per heavy atom. The molecule has 4 nitrogen and oxygen atoms in total. The maximum atomic E-state index is 11.9. The number of benzene rings is 10. The third-order valence-electron chi connectivity index (χ3n) is 15.5. The van der Waals surface area contributed by atoms with Crippen LogP contribution in [0.4, 0.5) is 0 Å². The van der Waals surface area contributed by atoms with Crippen molar-refractivity contribution in [1.29, 1.82) is 5.26 Å². The molecule has 71 heavy (non-hydrogen) atoms. The Morgan fingerprint density at radius 3 is 1.24 bits per heavy atom. The SMILES string of the molecule is N#Cc1c(-n2c3ccccc3c3cc(-c4ccccc4)ccc32)cc(-c2cncc3c2C2(c4ccccc4-c4ccccc42)c2ccccc2-3)cc1-n1c2ccccc2c2cc(-c3ccccc3)ccc21. The van der Waals surface area contributed by atoms with Crippen LogP contribution in [-0.2, 0) is 5.41 Å². The van der Waals surface area contributed by atoms with Crippen LogP contribution in [0.1, 0.15) is 27.8 Å². The van der Waals surface area contributed by atoms with Gasteiger partial charge in [0.2, 0.25) is 0 Å². The summed E-state index contributed by atoms with van der Waals surface area (Å²) in [6.45, 7) is 0. The number of para-hydroxylation sites is 2. The number of hydrogen-bond donors (Lipinski definition) is 0. The molecule has 3 heterocycles. The largest absolute Gasteiger partial charge is 0.308 e. The molecule has 0 amide bonds. The number of fused-ring (bicyclic) bond motifs is 16. The monoisotopic (exact) mass is 900 g/mol. The van der Waals surface area contributed by atoms with E-state index >= 15 is 0 Å². The smallest absolute Gasteiger partial charge is 0.104 e. The highest BCUT2D eigenvalue weighted by atomic mass is 15.0. The molecule has 0 bridgehead atoms. The molecular weight excluding hydrogens is 861 g/mol. The molecule has 0 radical (unpaired) electrons. The quantitative estimate of drug-likeness (QED) is 0.173. The fourth-order valence-electron chi connectivity index (χ4n) is 12.6. The average molecular weight is 901 g/mol. The van der Waals surface area contributed by atoms with Crippen molar-refractivity contribution in [2.75, 3.05) is 0 Å². The molecular formula is C67H40N4. The molecule has 0 aliphatic heterocycles. The Balaban J connectivity index is 1.08. The molecule has 4 heteroatoms. The lowest BCUT2D eigenvalue weighted by atomic mass is 9.69. The maximum Gasteiger partial charge on any atom is 0.104 e. The van der Waals surface area contributed by atoms with Gasteiger partial charge in [-0.05, 0) is 115 Å². The first-order valence-electron chi connectivity index (χ1n) is 24.2. The molecule has 0 unspecified atom stereocenters. The van der Waals surface area contributed by atoms with Crippen LogP contribution in [0.5, 0.6) is 0 Å². The Morgan fingerprint density at radius 1 is 0.338 bits per heavy atom. The molecule has 0 fully saturated rings. The molecule has 2 aliphatic rings. The van der Waals surface area contributed by atoms with E-state index in [1.54, 1.807) is 0 Å². The second-order valence-corrected chi connectivity index (χ2v) is 18.9. The predicted octanol–water partition coefficient (Wildman–Crippen LogP) is 16.5. The summed E-state index contributed by atoms with van der Waals surface area (Å²) in [5.41, 5.74) is 22.1. The summed E-state index contributed by atoms with van der Waals surface area (Å²) >= 11 is 0. The number of rotatable bonds is 5. The first kappa shape index (κ1) is 39.4. The summed E-state index contributed by atoms with van der Waals surface area (Å²) in [7, 11) is 0. The molecule has 0 saturated carbocycles. The van der Waals surface area contributed by atoms with E-state index in [9.17, 15) is 5.26 Å². The standard InChI is InChI=1S/C67H40N4/c68-39-54-64(70-60-29-15-10-24-50(60)52-35-44(31-33-62(52)70)42-17-3-1-4-18-42)37-46(38-65(54)71-61-30-16-11-25-51(61)53-36-45(32-34-63(53)71)43-19-5-2-6-20-43)55-40-69-41-56-49-23-9-14-28-59(49)67(66(55)56)57-26-12-7-21-47(57)48-22-8-13-27-58(48)67/h1-38,40-41H. The van der Waals surface area contributed by atoms with Crippen LogP contribution in [0.2, 0.25) is 0 Å². The summed E-state index contributed by atoms with van der Waals surface area (Å²) in [5.74, 6) is 0. The molecule has 328 valence electrons. The van der Waals surface area contributed by atoms with Crippen molar-refractivity contribution in [1.82, 2.24) is 14.1 Å². The zero-order valence-electron chi connectivity index (χ0n) is 38.4. The Bertz CT molecular complexity index is 4170. The van der Waals surface area contributed by atoms with Crippen LogP contribution < -0.4 is 0 Å². The summed E-state index contributed by atoms with van der Waals surface area (Å²) in [6, 6.07) is 86.0. The number of nitrogens with zero attached hydrogens (tertiary/aromatic N) is 4. The van der Waals surface area contributed by atoms with Crippen molar-refractivity contribution < 1.29 is 0 Å². The maximum absolute atomic E-state index is 11.9. The highest BCUT2D eigenvalue weighted by Gasteiger charge is 2.53. The summed E-state index contributed by atoms with van der Waals surface area (Å²) in [4.78, 5) is 5.12. The van der Waals surface area contributed by atoms with Gasteiger partial charge in [0.1, 0.15) is 11.6 Å². The summed E-state index contributed by atoms with van der Waals surface area (Å²) in [6.07, 6.45) is 4.14. The topological polar surface area (TPSA) is 46.5 Å². The van der Waals surface area contributed by atoms with Crippen LogP contribution in [-0.4, -0.2) is 14.1 Å². The van der Waals surface area contributed by atoms with Gasteiger partial charge in [-0.15, -0.1) is 0 Å². The Labute approximate surface area is 410 Å². The van der Waals surface area contributed by atoms with E-state index in [-0.39, 0.29) is 0 Å². The van der Waals surface area contributed by atoms with Gasteiger partial charge >= 0.3 is 0 Å². The lowest BCUT2D eigenvalue weighted by molar-refractivity contribution is 0.794. The second-order valence-electron chi connectivity index (χ2n) is 18.9. The minimum absolute atomic E-state index is 0.577. The third kappa shape index (κ3) is 5.40. The zero-order valence-corrected chi connectivity index (χ0v) is 38.4. The van der Waals surface area contributed by atoms with Gasteiger partial charge < -0.3 is 9.13 Å². The second kappa shape index (κ2) is 15.0. The van der Waals surface area contributed by atoms with Crippen molar-refractivity contribution in [3.63, 3.8) is 0 Å². The van der Waals surface area contributed by atoms with Crippen molar-refractivity contribution in [3.8, 4) is 73.1 Å². The fourth-order valence-corrected chi connectivity index (χ4v) is 12.6. The fraction of sp³-hybridized carbons (Fsp3) is 0.0149. The van der Waals surface area contributed by atoms with E-state index in [1.165, 1.54) is 38.9 Å². The van der Waals surface area contributed by atoms with E-state index in [1.807, 2.05) is 0 Å². The van der Waals surface area contributed by atoms with Gasteiger partial charge in [-0.25, -0.2) is 0 Å². The molecule has 0 saturated heterocycles. The van der Waals surface area contributed by atoms with Gasteiger partial charge in [-0.2, -0.15) is 5.26 Å². The molecule has 0 atom stereocenters. The van der Waals surface area contributed by atoms with E-state index in [2.05, 4.69) is 258 Å². The first-order valence-corrected chi connectivity index (χ1v) is 24.2. The highest BCUT2D eigenvalue weighted by Crippen LogP contribution is 2.64. The lowest BCUT2D eigenvalue weighted by Gasteiger charge is -2.32. The van der Waals surface area contributed by atoms with Crippen molar-refractivity contribution in [2.24, 2.45) is 0 Å². The highest BCUT2D eigenvalue weighted by molar-refractivity contribution is 6.13. The summed E-state index contributed by atoms with van der Waals surface area (Å²) in [5, 5.41) is 16.4. The van der Waals surface area contributed by atoms with Crippen LogP contribution in [0.15, 0.2) is 243 Å². The lowest BCUT2D eigenvalue weighted by Crippen LogP contribution is -2.26. The number of pyridine rings is 1. The van der Waals surface area contributed by atoms with Gasteiger partial charge in [0.05, 0.1) is 38.9 Å². The van der Waals surface area contributed by atoms with E-state index in [0.29, 0.717) is 5.56 Å². The van der Waals surface area contributed by atoms with Gasteiger partial charge in [0.15, 0.2) is 0 Å². The van der Waals surface area contributed by atoms with E-state index in [0.717, 1.165) is 93.9 Å². The van der Waals surface area contributed by atoms with Crippen LogP contribution in [0.3, 0.4) is 0 Å². The van der Waals surface area contributed by atoms with Gasteiger partial charge in [0, 0.05) is 45.1 Å². The molecule has 10 aromatic carbocycles. The molecule has 13 aromatic rings. The summed E-state index contributed by atoms with van der Waals surface area (Å²) < 4.78 is 4.65. The predicted molar refractivity (Wildman–Crippen MR) is 290 cm³/mol. The van der Waals surface area contributed by atoms with Crippen molar-refractivity contribution in [2.45, 2.75) is 5.41 Å². The van der Waals surface area contributed by atoms with Crippen molar-refractivity contribution >= 4 is 43.6 Å². The van der Waals surface area contributed by atoms with Crippen molar-refractivity contribution in [3.05, 3.63) is 271 Å². The average Bonchev–Trinajstić information content (AvgIpc) is 4.15. The van der Waals surface area contributed by atoms with Gasteiger partial charge in [0.25, 0.3) is 0 Å². The zero-order chi connectivity index (χ0) is 46.8. The van der Waals surface area contributed by atoms with Gasteiger partial charge in [-0.1, -0.05) is 182 Å². The third-order valence-corrected chi connectivity index (χ3v) is 15.5. The van der Waals surface area contributed by atoms with E-state index < -0.39 is 5.41 Å². The Kier molecular flexibility index (Phi) is 8.31. The molecule has 15 rings (SSSR count). The number of nitriles is 1. The molecule has 1 spiro atoms. The van der Waals surface area contributed by atoms with Crippen LogP contribution >= 0.6 is 0 Å². The van der Waals surface area contributed by atoms with Gasteiger partial charge in [-0.3, -0.25) is 4.98 Å². The minimum Gasteiger partial charge on any atom is -0.308 e. The number of aromatic nitrogens is 3. The normalized spacial score (nSPS) is 12.9. The Hall–Kier alpha value is -9.56. The first-order chi connectivity index (χ1) is 35.2. The minimum atomic E-state index is -0.618. The van der Waals surface area contributed by atoms with E-state index in [4.69, 9.17) is 4.98 Å². The number of hydrogen-bond acceptors (Lipinski definition) is 2. The van der Waals surface area contributed by atoms with Crippen LogP contribution in [0, 0.1) is 11.3 Å². The molecule has 3 aromatic heterocycles. The van der Waals surface area contributed by atoms with Crippen LogP contribution in [0.25, 0.3) is 111 Å². The molecule has 0 N–H and O–H groups in total.